The molecule has 5 heteroatoms. The molecule has 2 aliphatic rings. The summed E-state index contributed by atoms with van der Waals surface area (Å²) < 4.78 is 0. The van der Waals surface area contributed by atoms with Crippen LogP contribution in [0.4, 0.5) is 11.4 Å². The van der Waals surface area contributed by atoms with E-state index in [-0.39, 0.29) is 6.04 Å². The van der Waals surface area contributed by atoms with Crippen molar-refractivity contribution in [1.29, 1.82) is 0 Å². The summed E-state index contributed by atoms with van der Waals surface area (Å²) >= 11 is 0. The lowest BCUT2D eigenvalue weighted by Crippen LogP contribution is -2.56. The van der Waals surface area contributed by atoms with Crippen molar-refractivity contribution in [3.05, 3.63) is 95.1 Å². The number of aliphatic hydroxyl groups excluding tert-OH is 1. The Bertz CT molecular complexity index is 1120. The molecule has 0 amide bonds. The Labute approximate surface area is 190 Å². The Morgan fingerprint density at radius 3 is 2.09 bits per heavy atom. The Kier molecular flexibility index (Phi) is 5.35. The number of aryl methyl sites for hydroxylation is 2. The van der Waals surface area contributed by atoms with E-state index in [2.05, 4.69) is 96.4 Å². The summed E-state index contributed by atoms with van der Waals surface area (Å²) in [6, 6.07) is 26.1. The maximum Gasteiger partial charge on any atom is 0.229 e. The molecule has 32 heavy (non-hydrogen) atoms. The highest BCUT2D eigenvalue weighted by molar-refractivity contribution is 6.16. The molecule has 0 bridgehead atoms. The van der Waals surface area contributed by atoms with Gasteiger partial charge < -0.3 is 14.9 Å². The fourth-order valence-electron chi connectivity index (χ4n) is 4.58. The fourth-order valence-corrected chi connectivity index (χ4v) is 4.58. The van der Waals surface area contributed by atoms with Gasteiger partial charge in [-0.25, -0.2) is 0 Å². The van der Waals surface area contributed by atoms with Crippen molar-refractivity contribution in [2.75, 3.05) is 16.3 Å². The van der Waals surface area contributed by atoms with E-state index in [4.69, 9.17) is 5.10 Å². The van der Waals surface area contributed by atoms with Crippen LogP contribution in [0.15, 0.2) is 77.9 Å². The zero-order valence-electron chi connectivity index (χ0n) is 18.9. The molecule has 0 saturated carbocycles. The number of aliphatic hydroxyl groups is 1. The summed E-state index contributed by atoms with van der Waals surface area (Å²) in [5, 5.41) is 17.2. The highest BCUT2D eigenvalue weighted by Crippen LogP contribution is 2.41. The van der Waals surface area contributed by atoms with E-state index in [0.29, 0.717) is 6.54 Å². The second kappa shape index (κ2) is 8.32. The predicted molar refractivity (Wildman–Crippen MR) is 131 cm³/mol. The molecule has 0 spiro atoms. The van der Waals surface area contributed by atoms with E-state index in [1.165, 1.54) is 27.9 Å². The second-order valence-corrected chi connectivity index (χ2v) is 8.93. The first-order valence-corrected chi connectivity index (χ1v) is 11.3. The van der Waals surface area contributed by atoms with Crippen molar-refractivity contribution in [2.24, 2.45) is 5.10 Å². The van der Waals surface area contributed by atoms with Crippen molar-refractivity contribution in [2.45, 2.75) is 46.0 Å². The van der Waals surface area contributed by atoms with E-state index in [1.54, 1.807) is 6.92 Å². The highest BCUT2D eigenvalue weighted by Gasteiger charge is 2.41. The molecule has 0 aliphatic carbocycles. The van der Waals surface area contributed by atoms with Crippen LogP contribution in [-0.2, 0) is 13.0 Å². The minimum Gasteiger partial charge on any atom is -0.372 e. The molecule has 2 atom stereocenters. The van der Waals surface area contributed by atoms with Gasteiger partial charge in [0.2, 0.25) is 5.96 Å². The first-order valence-electron chi connectivity index (χ1n) is 11.3. The second-order valence-electron chi connectivity index (χ2n) is 8.93. The average Bonchev–Trinajstić information content (AvgIpc) is 3.11. The van der Waals surface area contributed by atoms with Gasteiger partial charge in [0.25, 0.3) is 0 Å². The number of hydrazone groups is 1. The summed E-state index contributed by atoms with van der Waals surface area (Å²) in [6.07, 6.45) is 0.241. The van der Waals surface area contributed by atoms with Crippen LogP contribution in [0.1, 0.15) is 29.2 Å². The highest BCUT2D eigenvalue weighted by atomic mass is 16.3. The first-order chi connectivity index (χ1) is 15.5. The maximum absolute atomic E-state index is 10.4. The number of benzene rings is 3. The summed E-state index contributed by atoms with van der Waals surface area (Å²) in [4.78, 5) is 4.64. The van der Waals surface area contributed by atoms with Gasteiger partial charge in [0.1, 0.15) is 6.23 Å². The normalized spacial score (nSPS) is 18.3. The summed E-state index contributed by atoms with van der Waals surface area (Å²) in [5.41, 5.74) is 7.39. The van der Waals surface area contributed by atoms with Gasteiger partial charge in [-0.1, -0.05) is 71.8 Å². The van der Waals surface area contributed by atoms with Gasteiger partial charge >= 0.3 is 0 Å². The van der Waals surface area contributed by atoms with Crippen molar-refractivity contribution >= 4 is 17.3 Å². The molecule has 1 N–H and O–H groups in total. The molecular weight excluding hydrogens is 396 g/mol. The van der Waals surface area contributed by atoms with E-state index >= 15 is 0 Å². The molecule has 0 radical (unpaired) electrons. The maximum atomic E-state index is 10.4. The molecule has 3 aromatic rings. The molecule has 164 valence electrons. The van der Waals surface area contributed by atoms with Gasteiger partial charge in [0.05, 0.1) is 30.5 Å². The third-order valence-electron chi connectivity index (χ3n) is 6.35. The third kappa shape index (κ3) is 3.84. The van der Waals surface area contributed by atoms with E-state index in [9.17, 15) is 5.11 Å². The fraction of sp³-hybridized carbons (Fsp3) is 0.296. The van der Waals surface area contributed by atoms with Crippen LogP contribution in [0.25, 0.3) is 0 Å². The Hall–Kier alpha value is -3.31. The monoisotopic (exact) mass is 426 g/mol. The molecule has 2 aliphatic heterocycles. The lowest BCUT2D eigenvalue weighted by molar-refractivity contribution is 0.0128. The Morgan fingerprint density at radius 1 is 0.875 bits per heavy atom. The molecule has 2 heterocycles. The smallest absolute Gasteiger partial charge is 0.229 e. The van der Waals surface area contributed by atoms with Gasteiger partial charge in [0.15, 0.2) is 0 Å². The van der Waals surface area contributed by atoms with E-state index < -0.39 is 6.23 Å². The largest absolute Gasteiger partial charge is 0.372 e. The lowest BCUT2D eigenvalue weighted by atomic mass is 10.0. The van der Waals surface area contributed by atoms with Crippen molar-refractivity contribution in [1.82, 2.24) is 5.01 Å². The molecule has 0 saturated heterocycles. The molecule has 3 aromatic carbocycles. The summed E-state index contributed by atoms with van der Waals surface area (Å²) in [6.45, 7) is 7.41. The topological polar surface area (TPSA) is 42.3 Å². The van der Waals surface area contributed by atoms with Crippen LogP contribution < -0.4 is 9.80 Å². The van der Waals surface area contributed by atoms with Crippen LogP contribution >= 0.6 is 0 Å². The van der Waals surface area contributed by atoms with Crippen LogP contribution in [0.2, 0.25) is 0 Å². The van der Waals surface area contributed by atoms with E-state index in [1.807, 2.05) is 5.01 Å². The summed E-state index contributed by atoms with van der Waals surface area (Å²) in [7, 11) is 0. The number of para-hydroxylation sites is 2. The molecule has 0 fully saturated rings. The van der Waals surface area contributed by atoms with Gasteiger partial charge in [-0.05, 0) is 50.5 Å². The third-order valence-corrected chi connectivity index (χ3v) is 6.35. The standard InChI is InChI=1S/C27H30N4O/c1-19-8-12-22(13-9-19)16-24-18-30(21(3)32)28-27-29(17-23-14-10-20(2)11-15-23)25-6-4-5-7-26(25)31(24)27/h4-15,21,24,32H,16-18H2,1-3H3. The van der Waals surface area contributed by atoms with Crippen LogP contribution in [0, 0.1) is 13.8 Å². The number of fused-ring (bicyclic) bond motifs is 3. The van der Waals surface area contributed by atoms with Gasteiger partial charge in [-0.3, -0.25) is 5.01 Å². The number of anilines is 2. The number of guanidine groups is 1. The zero-order chi connectivity index (χ0) is 22.2. The number of nitrogens with zero attached hydrogens (tertiary/aromatic N) is 4. The molecule has 0 aromatic heterocycles. The number of hydrogen-bond donors (Lipinski definition) is 1. The van der Waals surface area contributed by atoms with E-state index in [0.717, 1.165) is 24.6 Å². The van der Waals surface area contributed by atoms with Crippen molar-refractivity contribution < 1.29 is 5.11 Å². The van der Waals surface area contributed by atoms with Gasteiger partial charge in [0, 0.05) is 0 Å². The summed E-state index contributed by atoms with van der Waals surface area (Å²) in [5.74, 6) is 0.885. The SMILES string of the molecule is Cc1ccc(CC2CN(C(C)O)N=C3N(Cc4ccc(C)cc4)c4ccccc4N32)cc1. The van der Waals surface area contributed by atoms with Gasteiger partial charge in [-0.15, -0.1) is 5.10 Å². The first kappa shape index (κ1) is 20.6. The Morgan fingerprint density at radius 2 is 1.47 bits per heavy atom. The molecule has 2 unspecified atom stereocenters. The van der Waals surface area contributed by atoms with Crippen LogP contribution in [0.3, 0.4) is 0 Å². The van der Waals surface area contributed by atoms with Crippen molar-refractivity contribution in [3.63, 3.8) is 0 Å². The minimum absolute atomic E-state index is 0.170. The Balaban J connectivity index is 1.54. The quantitative estimate of drug-likeness (QED) is 0.644. The zero-order valence-corrected chi connectivity index (χ0v) is 18.9. The number of rotatable bonds is 5. The number of hydrogen-bond acceptors (Lipinski definition) is 5. The minimum atomic E-state index is -0.643. The lowest BCUT2D eigenvalue weighted by Gasteiger charge is -2.40. The molecule has 5 rings (SSSR count). The predicted octanol–water partition coefficient (Wildman–Crippen LogP) is 4.67. The van der Waals surface area contributed by atoms with Crippen molar-refractivity contribution in [3.8, 4) is 0 Å². The van der Waals surface area contributed by atoms with Crippen LogP contribution in [0.5, 0.6) is 0 Å². The van der Waals surface area contributed by atoms with Crippen LogP contribution in [-0.4, -0.2) is 34.9 Å². The molecular formula is C27H30N4O. The average molecular weight is 427 g/mol. The van der Waals surface area contributed by atoms with Gasteiger partial charge in [-0.2, -0.15) is 0 Å². The molecule has 5 nitrogen and oxygen atoms in total.